The molecule has 3 atom stereocenters. The number of piperidine rings is 1. The van der Waals surface area contributed by atoms with Crippen molar-refractivity contribution in [3.8, 4) is 0 Å². The summed E-state index contributed by atoms with van der Waals surface area (Å²) in [5.41, 5.74) is 0. The van der Waals surface area contributed by atoms with E-state index in [0.29, 0.717) is 0 Å². The standard InChI is InChI=1S/C16H27IN4O3/c1-10(2)14(20-16(23)24-3)15(22)21-7-5-4-6-11(21)8-13-18-9-12(17)19-13/h10-12,14H,4-9H2,1-3H3,(H,18,19)(H,20,23)/t11-,12?,14-/m0/s1. The SMILES string of the molecule is COC(=O)N[C@H](C(=O)N1CCCC[C@H]1CC1=NC(I)CN1)C(C)C. The van der Waals surface area contributed by atoms with E-state index in [1.54, 1.807) is 0 Å². The summed E-state index contributed by atoms with van der Waals surface area (Å²) in [4.78, 5) is 31.1. The number of hydrogen-bond acceptors (Lipinski definition) is 5. The van der Waals surface area contributed by atoms with Gasteiger partial charge in [0.1, 0.15) is 10.1 Å². The van der Waals surface area contributed by atoms with Gasteiger partial charge < -0.3 is 20.3 Å². The van der Waals surface area contributed by atoms with Crippen LogP contribution in [0.15, 0.2) is 4.99 Å². The first-order valence-corrected chi connectivity index (χ1v) is 9.76. The van der Waals surface area contributed by atoms with Crippen molar-refractivity contribution in [3.05, 3.63) is 0 Å². The number of carbonyl (C=O) groups excluding carboxylic acids is 2. The van der Waals surface area contributed by atoms with Gasteiger partial charge in [0.2, 0.25) is 5.91 Å². The molecule has 0 spiro atoms. The zero-order valence-corrected chi connectivity index (χ0v) is 16.7. The Hall–Kier alpha value is -1.06. The third kappa shape index (κ3) is 4.97. The molecule has 0 saturated carbocycles. The number of nitrogens with zero attached hydrogens (tertiary/aromatic N) is 2. The van der Waals surface area contributed by atoms with Gasteiger partial charge in [-0.2, -0.15) is 0 Å². The molecule has 8 heteroatoms. The van der Waals surface area contributed by atoms with Crippen molar-refractivity contribution in [1.29, 1.82) is 0 Å². The highest BCUT2D eigenvalue weighted by Crippen LogP contribution is 2.23. The molecule has 1 fully saturated rings. The summed E-state index contributed by atoms with van der Waals surface area (Å²) >= 11 is 2.30. The molecule has 136 valence electrons. The lowest BCUT2D eigenvalue weighted by molar-refractivity contribution is -0.138. The Labute approximate surface area is 157 Å². The Balaban J connectivity index is 2.07. The molecule has 0 radical (unpaired) electrons. The molecule has 0 aromatic heterocycles. The van der Waals surface area contributed by atoms with Gasteiger partial charge in [-0.3, -0.25) is 9.79 Å². The summed E-state index contributed by atoms with van der Waals surface area (Å²) in [6, 6.07) is -0.422. The Morgan fingerprint density at radius 3 is 2.79 bits per heavy atom. The second-order valence-corrected chi connectivity index (χ2v) is 8.07. The van der Waals surface area contributed by atoms with Crippen LogP contribution in [0, 0.1) is 5.92 Å². The zero-order chi connectivity index (χ0) is 17.7. The maximum Gasteiger partial charge on any atom is 0.407 e. The molecule has 2 N–H and O–H groups in total. The van der Waals surface area contributed by atoms with Gasteiger partial charge in [0.15, 0.2) is 0 Å². The molecule has 0 bridgehead atoms. The molecule has 2 aliphatic rings. The number of alkyl carbamates (subject to hydrolysis) is 1. The van der Waals surface area contributed by atoms with Crippen molar-refractivity contribution in [2.45, 2.75) is 55.7 Å². The van der Waals surface area contributed by atoms with Crippen molar-refractivity contribution in [3.63, 3.8) is 0 Å². The van der Waals surface area contributed by atoms with Crippen molar-refractivity contribution in [2.24, 2.45) is 10.9 Å². The number of carbonyl (C=O) groups is 2. The Morgan fingerprint density at radius 1 is 1.46 bits per heavy atom. The van der Waals surface area contributed by atoms with Gasteiger partial charge in [-0.25, -0.2) is 4.79 Å². The smallest absolute Gasteiger partial charge is 0.407 e. The molecular weight excluding hydrogens is 423 g/mol. The minimum absolute atomic E-state index is 0.000140. The zero-order valence-electron chi connectivity index (χ0n) is 14.5. The van der Waals surface area contributed by atoms with Gasteiger partial charge in [0.05, 0.1) is 12.9 Å². The van der Waals surface area contributed by atoms with Gasteiger partial charge >= 0.3 is 6.09 Å². The van der Waals surface area contributed by atoms with Crippen molar-refractivity contribution in [2.75, 3.05) is 20.2 Å². The Morgan fingerprint density at radius 2 is 2.21 bits per heavy atom. The number of likely N-dealkylation sites (tertiary alicyclic amines) is 1. The van der Waals surface area contributed by atoms with E-state index in [1.807, 2.05) is 18.7 Å². The van der Waals surface area contributed by atoms with Crippen LogP contribution in [0.1, 0.15) is 39.5 Å². The van der Waals surface area contributed by atoms with E-state index in [2.05, 4.69) is 43.0 Å². The van der Waals surface area contributed by atoms with Crippen LogP contribution in [0.5, 0.6) is 0 Å². The van der Waals surface area contributed by atoms with Gasteiger partial charge in [-0.05, 0) is 25.2 Å². The van der Waals surface area contributed by atoms with E-state index in [9.17, 15) is 9.59 Å². The van der Waals surface area contributed by atoms with Crippen LogP contribution < -0.4 is 10.6 Å². The van der Waals surface area contributed by atoms with E-state index in [0.717, 1.165) is 44.6 Å². The number of halogens is 1. The van der Waals surface area contributed by atoms with Gasteiger partial charge in [0.25, 0.3) is 0 Å². The van der Waals surface area contributed by atoms with Crippen molar-refractivity contribution in [1.82, 2.24) is 15.5 Å². The highest BCUT2D eigenvalue weighted by molar-refractivity contribution is 14.1. The fourth-order valence-electron chi connectivity index (χ4n) is 3.19. The van der Waals surface area contributed by atoms with Crippen LogP contribution >= 0.6 is 22.6 Å². The normalized spacial score (nSPS) is 25.0. The average Bonchev–Trinajstić information content (AvgIpc) is 2.97. The molecule has 0 aromatic carbocycles. The predicted molar refractivity (Wildman–Crippen MR) is 101 cm³/mol. The number of rotatable bonds is 5. The molecule has 2 aliphatic heterocycles. The summed E-state index contributed by atoms with van der Waals surface area (Å²) in [5.74, 6) is 0.964. The van der Waals surface area contributed by atoms with E-state index in [1.165, 1.54) is 7.11 Å². The first-order chi connectivity index (χ1) is 11.4. The summed E-state index contributed by atoms with van der Waals surface area (Å²) in [6.45, 7) is 5.45. The van der Waals surface area contributed by atoms with Crippen LogP contribution in [-0.2, 0) is 9.53 Å². The predicted octanol–water partition coefficient (Wildman–Crippen LogP) is 1.90. The lowest BCUT2D eigenvalue weighted by atomic mass is 9.95. The molecule has 2 rings (SSSR count). The molecule has 0 aromatic rings. The van der Waals surface area contributed by atoms with Gasteiger partial charge in [-0.15, -0.1) is 0 Å². The van der Waals surface area contributed by atoms with E-state index < -0.39 is 12.1 Å². The third-order valence-corrected chi connectivity index (χ3v) is 5.22. The van der Waals surface area contributed by atoms with Crippen LogP contribution in [0.4, 0.5) is 4.79 Å². The number of amidine groups is 1. The van der Waals surface area contributed by atoms with Crippen LogP contribution in [-0.4, -0.2) is 59.1 Å². The summed E-state index contributed by atoms with van der Waals surface area (Å²) in [7, 11) is 1.31. The number of nitrogens with one attached hydrogen (secondary N) is 2. The quantitative estimate of drug-likeness (QED) is 0.381. The summed E-state index contributed by atoms with van der Waals surface area (Å²) in [5, 5.41) is 6.01. The fourth-order valence-corrected chi connectivity index (χ4v) is 3.75. The average molecular weight is 450 g/mol. The van der Waals surface area contributed by atoms with Gasteiger partial charge in [-0.1, -0.05) is 36.4 Å². The number of ether oxygens (including phenoxy) is 1. The summed E-state index contributed by atoms with van der Waals surface area (Å²) < 4.78 is 4.94. The second-order valence-electron chi connectivity index (χ2n) is 6.63. The van der Waals surface area contributed by atoms with Crippen molar-refractivity contribution < 1.29 is 14.3 Å². The molecule has 1 saturated heterocycles. The summed E-state index contributed by atoms with van der Waals surface area (Å²) in [6.07, 6.45) is 3.28. The topological polar surface area (TPSA) is 83.0 Å². The lowest BCUT2D eigenvalue weighted by Crippen LogP contribution is -2.55. The molecule has 0 aliphatic carbocycles. The largest absolute Gasteiger partial charge is 0.453 e. The number of methoxy groups -OCH3 is 1. The third-order valence-electron chi connectivity index (χ3n) is 4.50. The molecule has 7 nitrogen and oxygen atoms in total. The monoisotopic (exact) mass is 450 g/mol. The van der Waals surface area contributed by atoms with Crippen LogP contribution in [0.3, 0.4) is 0 Å². The van der Waals surface area contributed by atoms with Crippen LogP contribution in [0.25, 0.3) is 0 Å². The number of alkyl halides is 1. The first-order valence-electron chi connectivity index (χ1n) is 8.52. The Kier molecular flexibility index (Phi) is 7.12. The Bertz CT molecular complexity index is 498. The fraction of sp³-hybridized carbons (Fsp3) is 0.812. The first kappa shape index (κ1) is 19.3. The van der Waals surface area contributed by atoms with E-state index in [4.69, 9.17) is 0 Å². The highest BCUT2D eigenvalue weighted by atomic mass is 127. The molecule has 1 unspecified atom stereocenters. The van der Waals surface area contributed by atoms with Crippen molar-refractivity contribution >= 4 is 40.4 Å². The maximum absolute atomic E-state index is 13.0. The minimum Gasteiger partial charge on any atom is -0.453 e. The number of amides is 2. The molecule has 2 amide bonds. The number of aliphatic imine (C=N–C) groups is 1. The van der Waals surface area contributed by atoms with Gasteiger partial charge in [0, 0.05) is 25.6 Å². The minimum atomic E-state index is -0.565. The van der Waals surface area contributed by atoms with Crippen LogP contribution in [0.2, 0.25) is 0 Å². The number of hydrogen-bond donors (Lipinski definition) is 2. The molecular formula is C16H27IN4O3. The second kappa shape index (κ2) is 8.87. The molecule has 24 heavy (non-hydrogen) atoms. The molecule has 2 heterocycles. The van der Waals surface area contributed by atoms with E-state index in [-0.39, 0.29) is 21.9 Å². The maximum atomic E-state index is 13.0. The lowest BCUT2D eigenvalue weighted by Gasteiger charge is -2.38. The van der Waals surface area contributed by atoms with E-state index >= 15 is 0 Å². The highest BCUT2D eigenvalue weighted by Gasteiger charge is 2.35.